The summed E-state index contributed by atoms with van der Waals surface area (Å²) < 4.78 is 6.23. The van der Waals surface area contributed by atoms with Crippen molar-refractivity contribution < 1.29 is 4.74 Å². The molecule has 1 fully saturated rings. The third-order valence-corrected chi connectivity index (χ3v) is 5.76. The molecule has 3 nitrogen and oxygen atoms in total. The van der Waals surface area contributed by atoms with Gasteiger partial charge in [-0.05, 0) is 50.9 Å². The van der Waals surface area contributed by atoms with Gasteiger partial charge in [-0.1, -0.05) is 20.8 Å². The van der Waals surface area contributed by atoms with E-state index in [0.717, 1.165) is 31.8 Å². The summed E-state index contributed by atoms with van der Waals surface area (Å²) in [6.45, 7) is 10.3. The quantitative estimate of drug-likeness (QED) is 0.855. The summed E-state index contributed by atoms with van der Waals surface area (Å²) >= 11 is 1.79. The zero-order valence-corrected chi connectivity index (χ0v) is 14.8. The first-order valence-electron chi connectivity index (χ1n) is 8.33. The monoisotopic (exact) mass is 310 g/mol. The minimum Gasteiger partial charge on any atom is -0.368 e. The van der Waals surface area contributed by atoms with Crippen LogP contribution in [0.4, 0.5) is 0 Å². The summed E-state index contributed by atoms with van der Waals surface area (Å²) in [6, 6.07) is 0. The molecule has 1 aromatic rings. The number of nitrogens with two attached hydrogens (primary N) is 1. The molecule has 0 bridgehead atoms. The number of hydrogen-bond donors (Lipinski definition) is 1. The average Bonchev–Trinajstić information content (AvgIpc) is 2.84. The zero-order valence-electron chi connectivity index (χ0n) is 13.9. The Morgan fingerprint density at radius 1 is 1.38 bits per heavy atom. The van der Waals surface area contributed by atoms with Crippen molar-refractivity contribution in [2.75, 3.05) is 6.61 Å². The molecule has 0 atom stereocenters. The Morgan fingerprint density at radius 2 is 2.05 bits per heavy atom. The van der Waals surface area contributed by atoms with E-state index in [2.05, 4.69) is 27.7 Å². The van der Waals surface area contributed by atoms with E-state index in [4.69, 9.17) is 15.5 Å². The Balaban J connectivity index is 2.30. The summed E-state index contributed by atoms with van der Waals surface area (Å²) in [5.74, 6) is 1.42. The first kappa shape index (κ1) is 16.9. The smallest absolute Gasteiger partial charge is 0.125 e. The van der Waals surface area contributed by atoms with Gasteiger partial charge in [0.25, 0.3) is 0 Å². The first-order valence-corrected chi connectivity index (χ1v) is 9.15. The lowest BCUT2D eigenvalue weighted by atomic mass is 9.79. The van der Waals surface area contributed by atoms with Crippen molar-refractivity contribution in [3.05, 3.63) is 15.6 Å². The fourth-order valence-corrected chi connectivity index (χ4v) is 4.38. The molecule has 21 heavy (non-hydrogen) atoms. The van der Waals surface area contributed by atoms with Crippen LogP contribution in [0, 0.1) is 11.8 Å². The van der Waals surface area contributed by atoms with Gasteiger partial charge in [0.2, 0.25) is 0 Å². The second kappa shape index (κ2) is 7.21. The first-order chi connectivity index (χ1) is 10.0. The Bertz CT molecular complexity index is 448. The molecule has 2 N–H and O–H groups in total. The number of thiazole rings is 1. The van der Waals surface area contributed by atoms with E-state index in [1.807, 2.05) is 0 Å². The van der Waals surface area contributed by atoms with Gasteiger partial charge in [0.05, 0.1) is 5.69 Å². The van der Waals surface area contributed by atoms with Crippen molar-refractivity contribution in [1.82, 2.24) is 4.98 Å². The van der Waals surface area contributed by atoms with E-state index in [-0.39, 0.29) is 5.60 Å². The number of ether oxygens (including phenoxy) is 1. The van der Waals surface area contributed by atoms with Gasteiger partial charge in [0.15, 0.2) is 0 Å². The molecular weight excluding hydrogens is 280 g/mol. The lowest BCUT2D eigenvalue weighted by molar-refractivity contribution is -0.0777. The van der Waals surface area contributed by atoms with E-state index in [9.17, 15) is 0 Å². The van der Waals surface area contributed by atoms with Gasteiger partial charge in [-0.15, -0.1) is 11.3 Å². The summed E-state index contributed by atoms with van der Waals surface area (Å²) in [6.07, 6.45) is 5.68. The number of nitrogens with zero attached hydrogens (tertiary/aromatic N) is 1. The summed E-state index contributed by atoms with van der Waals surface area (Å²) in [5, 5.41) is 1.17. The molecule has 1 heterocycles. The topological polar surface area (TPSA) is 48.1 Å². The van der Waals surface area contributed by atoms with Crippen LogP contribution < -0.4 is 5.73 Å². The molecule has 1 saturated carbocycles. The van der Waals surface area contributed by atoms with Crippen LogP contribution in [0.25, 0.3) is 0 Å². The van der Waals surface area contributed by atoms with Gasteiger partial charge in [-0.2, -0.15) is 0 Å². The van der Waals surface area contributed by atoms with Crippen LogP contribution in [0.2, 0.25) is 0 Å². The molecule has 1 aromatic heterocycles. The molecule has 1 aliphatic carbocycles. The summed E-state index contributed by atoms with van der Waals surface area (Å²) in [5.41, 5.74) is 6.99. The normalized spacial score (nSPS) is 26.5. The minimum absolute atomic E-state index is 0.148. The minimum atomic E-state index is -0.148. The van der Waals surface area contributed by atoms with Crippen LogP contribution in [0.5, 0.6) is 0 Å². The zero-order chi connectivity index (χ0) is 15.5. The summed E-state index contributed by atoms with van der Waals surface area (Å²) in [7, 11) is 0. The number of hydrogen-bond acceptors (Lipinski definition) is 4. The van der Waals surface area contributed by atoms with E-state index >= 15 is 0 Å². The van der Waals surface area contributed by atoms with Crippen LogP contribution in [0.15, 0.2) is 0 Å². The third-order valence-electron chi connectivity index (χ3n) is 4.46. The Hall–Kier alpha value is -0.450. The van der Waals surface area contributed by atoms with Crippen LogP contribution in [0.1, 0.15) is 69.0 Å². The maximum Gasteiger partial charge on any atom is 0.125 e. The molecule has 120 valence electrons. The Labute approximate surface area is 133 Å². The standard InChI is InChI=1S/C17H30N2OS/c1-5-20-17(8-6-13(4)7-9-17)16-19-14(10-12(2)3)15(11-18)21-16/h12-13H,5-11,18H2,1-4H3. The van der Waals surface area contributed by atoms with Crippen LogP contribution in [0.3, 0.4) is 0 Å². The highest BCUT2D eigenvalue weighted by atomic mass is 32.1. The van der Waals surface area contributed by atoms with Crippen LogP contribution in [-0.4, -0.2) is 11.6 Å². The SMILES string of the molecule is CCOC1(c2nc(CC(C)C)c(CN)s2)CCC(C)CC1. The highest BCUT2D eigenvalue weighted by Crippen LogP contribution is 2.44. The third kappa shape index (κ3) is 3.85. The summed E-state index contributed by atoms with van der Waals surface area (Å²) in [4.78, 5) is 6.22. The van der Waals surface area contributed by atoms with Gasteiger partial charge in [0.1, 0.15) is 10.6 Å². The maximum atomic E-state index is 6.23. The Kier molecular flexibility index (Phi) is 5.81. The highest BCUT2D eigenvalue weighted by molar-refractivity contribution is 7.11. The fraction of sp³-hybridized carbons (Fsp3) is 0.824. The van der Waals surface area contributed by atoms with Crippen molar-refractivity contribution in [1.29, 1.82) is 0 Å². The Morgan fingerprint density at radius 3 is 2.57 bits per heavy atom. The predicted octanol–water partition coefficient (Wildman–Crippen LogP) is 4.24. The molecule has 0 aromatic carbocycles. The fourth-order valence-electron chi connectivity index (χ4n) is 3.21. The lowest BCUT2D eigenvalue weighted by Crippen LogP contribution is -2.34. The number of aromatic nitrogens is 1. The second-order valence-corrected chi connectivity index (χ2v) is 7.88. The van der Waals surface area contributed by atoms with E-state index in [1.165, 1.54) is 28.4 Å². The van der Waals surface area contributed by atoms with Gasteiger partial charge < -0.3 is 10.5 Å². The van der Waals surface area contributed by atoms with E-state index in [1.54, 1.807) is 11.3 Å². The lowest BCUT2D eigenvalue weighted by Gasteiger charge is -2.37. The predicted molar refractivity (Wildman–Crippen MR) is 89.5 cm³/mol. The average molecular weight is 311 g/mol. The molecule has 0 spiro atoms. The molecular formula is C17H30N2OS. The second-order valence-electron chi connectivity index (χ2n) is 6.80. The highest BCUT2D eigenvalue weighted by Gasteiger charge is 2.39. The molecule has 0 aliphatic heterocycles. The van der Waals surface area contributed by atoms with Gasteiger partial charge >= 0.3 is 0 Å². The van der Waals surface area contributed by atoms with Crippen molar-refractivity contribution in [2.45, 2.75) is 71.9 Å². The molecule has 1 aliphatic rings. The molecule has 0 saturated heterocycles. The van der Waals surface area contributed by atoms with Gasteiger partial charge in [0, 0.05) is 18.0 Å². The van der Waals surface area contributed by atoms with Gasteiger partial charge in [-0.3, -0.25) is 0 Å². The van der Waals surface area contributed by atoms with Gasteiger partial charge in [-0.25, -0.2) is 4.98 Å². The van der Waals surface area contributed by atoms with E-state index in [0.29, 0.717) is 12.5 Å². The van der Waals surface area contributed by atoms with Crippen molar-refractivity contribution in [3.63, 3.8) is 0 Å². The van der Waals surface area contributed by atoms with E-state index < -0.39 is 0 Å². The molecule has 0 amide bonds. The molecule has 2 rings (SSSR count). The maximum absolute atomic E-state index is 6.23. The van der Waals surface area contributed by atoms with Crippen molar-refractivity contribution >= 4 is 11.3 Å². The van der Waals surface area contributed by atoms with Crippen LogP contribution >= 0.6 is 11.3 Å². The molecule has 4 heteroatoms. The number of rotatable bonds is 6. The van der Waals surface area contributed by atoms with Crippen molar-refractivity contribution in [3.8, 4) is 0 Å². The van der Waals surface area contributed by atoms with Crippen LogP contribution in [-0.2, 0) is 23.3 Å². The molecule has 0 radical (unpaired) electrons. The van der Waals surface area contributed by atoms with Crippen molar-refractivity contribution in [2.24, 2.45) is 17.6 Å². The molecule has 0 unspecified atom stereocenters. The largest absolute Gasteiger partial charge is 0.368 e.